The number of benzene rings is 2. The molecule has 0 heterocycles. The fraction of sp³-hybridized carbons (Fsp3) is 0.421. The molecule has 0 atom stereocenters. The number of fused-ring (bicyclic) bond motifs is 1. The van der Waals surface area contributed by atoms with E-state index in [4.69, 9.17) is 4.74 Å². The zero-order chi connectivity index (χ0) is 15.5. The maximum Gasteiger partial charge on any atom is 0.257 e. The van der Waals surface area contributed by atoms with Gasteiger partial charge in [-0.15, -0.1) is 0 Å². The van der Waals surface area contributed by atoms with Crippen LogP contribution in [0.1, 0.15) is 42.5 Å². The van der Waals surface area contributed by atoms with E-state index in [2.05, 4.69) is 0 Å². The molecule has 0 aliphatic heterocycles. The maximum atomic E-state index is 12.9. The standard InChI is InChI=1S/C19H23NO2/c1-20(16-10-4-3-5-11-16)19(21)17-12-14-8-6-7-9-15(14)13-18(17)22-2/h6-9,12-13,16H,3-5,10-11H2,1-2H3. The molecule has 116 valence electrons. The Morgan fingerprint density at radius 3 is 2.36 bits per heavy atom. The maximum absolute atomic E-state index is 12.9. The zero-order valence-corrected chi connectivity index (χ0v) is 13.3. The average molecular weight is 297 g/mol. The van der Waals surface area contributed by atoms with Gasteiger partial charge in [0, 0.05) is 13.1 Å². The number of carbonyl (C=O) groups is 1. The van der Waals surface area contributed by atoms with Gasteiger partial charge in [-0.25, -0.2) is 0 Å². The predicted molar refractivity (Wildman–Crippen MR) is 89.5 cm³/mol. The molecule has 1 aliphatic rings. The van der Waals surface area contributed by atoms with Crippen LogP contribution in [0.5, 0.6) is 5.75 Å². The molecule has 0 radical (unpaired) electrons. The largest absolute Gasteiger partial charge is 0.496 e. The summed E-state index contributed by atoms with van der Waals surface area (Å²) in [6.45, 7) is 0. The number of ether oxygens (including phenoxy) is 1. The Labute approximate surface area is 131 Å². The summed E-state index contributed by atoms with van der Waals surface area (Å²) in [5, 5.41) is 2.17. The summed E-state index contributed by atoms with van der Waals surface area (Å²) >= 11 is 0. The molecule has 0 spiro atoms. The van der Waals surface area contributed by atoms with Gasteiger partial charge in [-0.3, -0.25) is 4.79 Å². The number of amides is 1. The van der Waals surface area contributed by atoms with Gasteiger partial charge >= 0.3 is 0 Å². The molecule has 22 heavy (non-hydrogen) atoms. The van der Waals surface area contributed by atoms with Gasteiger partial charge in [0.2, 0.25) is 0 Å². The summed E-state index contributed by atoms with van der Waals surface area (Å²) in [7, 11) is 3.55. The third kappa shape index (κ3) is 2.80. The van der Waals surface area contributed by atoms with E-state index in [0.717, 1.165) is 23.6 Å². The lowest BCUT2D eigenvalue weighted by atomic mass is 9.94. The Hall–Kier alpha value is -2.03. The van der Waals surface area contributed by atoms with Crippen molar-refractivity contribution >= 4 is 16.7 Å². The Kier molecular flexibility index (Phi) is 4.32. The Bertz CT molecular complexity index is 674. The quantitative estimate of drug-likeness (QED) is 0.847. The summed E-state index contributed by atoms with van der Waals surface area (Å²) in [6, 6.07) is 12.3. The molecule has 1 saturated carbocycles. The van der Waals surface area contributed by atoms with Crippen molar-refractivity contribution < 1.29 is 9.53 Å². The number of nitrogens with zero attached hydrogens (tertiary/aromatic N) is 1. The number of rotatable bonds is 3. The van der Waals surface area contributed by atoms with Crippen LogP contribution in [0.25, 0.3) is 10.8 Å². The predicted octanol–water partition coefficient (Wildman–Crippen LogP) is 4.25. The first-order valence-corrected chi connectivity index (χ1v) is 8.04. The molecule has 3 nitrogen and oxygen atoms in total. The molecule has 0 unspecified atom stereocenters. The third-order valence-electron chi connectivity index (χ3n) is 4.74. The van der Waals surface area contributed by atoms with Crippen molar-refractivity contribution in [3.8, 4) is 5.75 Å². The van der Waals surface area contributed by atoms with E-state index in [-0.39, 0.29) is 5.91 Å². The number of methoxy groups -OCH3 is 1. The van der Waals surface area contributed by atoms with E-state index >= 15 is 0 Å². The smallest absolute Gasteiger partial charge is 0.257 e. The Morgan fingerprint density at radius 1 is 1.09 bits per heavy atom. The first-order chi connectivity index (χ1) is 10.7. The number of hydrogen-bond donors (Lipinski definition) is 0. The Balaban J connectivity index is 1.95. The molecular weight excluding hydrogens is 274 g/mol. The van der Waals surface area contributed by atoms with Gasteiger partial charge in [-0.05, 0) is 35.7 Å². The van der Waals surface area contributed by atoms with Gasteiger partial charge in [0.1, 0.15) is 5.75 Å². The molecule has 1 aliphatic carbocycles. The minimum Gasteiger partial charge on any atom is -0.496 e. The molecule has 0 aromatic heterocycles. The van der Waals surface area contributed by atoms with Crippen LogP contribution in [0.2, 0.25) is 0 Å². The van der Waals surface area contributed by atoms with E-state index in [0.29, 0.717) is 17.4 Å². The summed E-state index contributed by atoms with van der Waals surface area (Å²) in [5.41, 5.74) is 0.661. The van der Waals surface area contributed by atoms with Crippen LogP contribution >= 0.6 is 0 Å². The van der Waals surface area contributed by atoms with Gasteiger partial charge in [0.05, 0.1) is 12.7 Å². The van der Waals surface area contributed by atoms with Crippen molar-refractivity contribution in [1.82, 2.24) is 4.90 Å². The number of carbonyl (C=O) groups excluding carboxylic acids is 1. The van der Waals surface area contributed by atoms with Gasteiger partial charge < -0.3 is 9.64 Å². The van der Waals surface area contributed by atoms with Crippen molar-refractivity contribution in [2.75, 3.05) is 14.2 Å². The highest BCUT2D eigenvalue weighted by Gasteiger charge is 2.25. The molecule has 2 aromatic carbocycles. The van der Waals surface area contributed by atoms with Crippen molar-refractivity contribution in [3.63, 3.8) is 0 Å². The summed E-state index contributed by atoms with van der Waals surface area (Å²) in [4.78, 5) is 14.8. The molecular formula is C19H23NO2. The van der Waals surface area contributed by atoms with Gasteiger partial charge in [-0.2, -0.15) is 0 Å². The van der Waals surface area contributed by atoms with Crippen LogP contribution in [-0.2, 0) is 0 Å². The normalized spacial score (nSPS) is 15.7. The third-order valence-corrected chi connectivity index (χ3v) is 4.74. The van der Waals surface area contributed by atoms with Crippen molar-refractivity contribution in [2.45, 2.75) is 38.1 Å². The first kappa shape index (κ1) is 14.9. The minimum atomic E-state index is 0.0644. The highest BCUT2D eigenvalue weighted by Crippen LogP contribution is 2.29. The van der Waals surface area contributed by atoms with Crippen LogP contribution in [-0.4, -0.2) is 31.0 Å². The van der Waals surface area contributed by atoms with Crippen LogP contribution < -0.4 is 4.74 Å². The van der Waals surface area contributed by atoms with Gasteiger partial charge in [-0.1, -0.05) is 43.5 Å². The second-order valence-corrected chi connectivity index (χ2v) is 6.11. The van der Waals surface area contributed by atoms with E-state index in [1.165, 1.54) is 19.3 Å². The minimum absolute atomic E-state index is 0.0644. The topological polar surface area (TPSA) is 29.5 Å². The lowest BCUT2D eigenvalue weighted by molar-refractivity contribution is 0.0693. The molecule has 2 aromatic rings. The second-order valence-electron chi connectivity index (χ2n) is 6.11. The van der Waals surface area contributed by atoms with Gasteiger partial charge in [0.25, 0.3) is 5.91 Å². The van der Waals surface area contributed by atoms with E-state index in [1.54, 1.807) is 7.11 Å². The fourth-order valence-corrected chi connectivity index (χ4v) is 3.38. The second kappa shape index (κ2) is 6.39. The van der Waals surface area contributed by atoms with Crippen LogP contribution in [0.15, 0.2) is 36.4 Å². The average Bonchev–Trinajstić information content (AvgIpc) is 2.60. The lowest BCUT2D eigenvalue weighted by Crippen LogP contribution is -2.38. The first-order valence-electron chi connectivity index (χ1n) is 8.04. The zero-order valence-electron chi connectivity index (χ0n) is 13.3. The summed E-state index contributed by atoms with van der Waals surface area (Å²) < 4.78 is 5.46. The van der Waals surface area contributed by atoms with E-state index in [9.17, 15) is 4.79 Å². The highest BCUT2D eigenvalue weighted by molar-refractivity contribution is 6.01. The monoisotopic (exact) mass is 297 g/mol. The van der Waals surface area contributed by atoms with Crippen molar-refractivity contribution in [2.24, 2.45) is 0 Å². The van der Waals surface area contributed by atoms with Crippen LogP contribution in [0.4, 0.5) is 0 Å². The lowest BCUT2D eigenvalue weighted by Gasteiger charge is -2.31. The molecule has 3 heteroatoms. The number of hydrogen-bond acceptors (Lipinski definition) is 2. The van der Waals surface area contributed by atoms with Crippen LogP contribution in [0.3, 0.4) is 0 Å². The molecule has 3 rings (SSSR count). The molecule has 1 fully saturated rings. The van der Waals surface area contributed by atoms with E-state index in [1.807, 2.05) is 48.3 Å². The molecule has 1 amide bonds. The Morgan fingerprint density at radius 2 is 1.73 bits per heavy atom. The summed E-state index contributed by atoms with van der Waals surface area (Å²) in [5.74, 6) is 0.723. The molecule has 0 bridgehead atoms. The van der Waals surface area contributed by atoms with E-state index < -0.39 is 0 Å². The highest BCUT2D eigenvalue weighted by atomic mass is 16.5. The van der Waals surface area contributed by atoms with Crippen LogP contribution in [0, 0.1) is 0 Å². The summed E-state index contributed by atoms with van der Waals surface area (Å²) in [6.07, 6.45) is 5.95. The fourth-order valence-electron chi connectivity index (χ4n) is 3.38. The van der Waals surface area contributed by atoms with Gasteiger partial charge in [0.15, 0.2) is 0 Å². The van der Waals surface area contributed by atoms with Crippen molar-refractivity contribution in [1.29, 1.82) is 0 Å². The molecule has 0 saturated heterocycles. The SMILES string of the molecule is COc1cc2ccccc2cc1C(=O)N(C)C1CCCCC1. The van der Waals surface area contributed by atoms with Crippen molar-refractivity contribution in [3.05, 3.63) is 42.0 Å². The molecule has 0 N–H and O–H groups in total.